The molecule has 0 aliphatic rings. The summed E-state index contributed by atoms with van der Waals surface area (Å²) in [6.07, 6.45) is 0. The Hall–Kier alpha value is -1.08. The minimum absolute atomic E-state index is 0.513. The smallest absolute Gasteiger partial charge is 0.205 e. The van der Waals surface area contributed by atoms with E-state index in [0.717, 1.165) is 24.8 Å². The van der Waals surface area contributed by atoms with E-state index in [1.807, 2.05) is 22.8 Å². The van der Waals surface area contributed by atoms with Gasteiger partial charge in [0.15, 0.2) is 0 Å². The highest BCUT2D eigenvalue weighted by molar-refractivity contribution is 14.1. The van der Waals surface area contributed by atoms with Gasteiger partial charge in [0.25, 0.3) is 0 Å². The third-order valence-electron chi connectivity index (χ3n) is 3.04. The number of nitrogens with two attached hydrogens (primary N) is 1. The van der Waals surface area contributed by atoms with Gasteiger partial charge < -0.3 is 5.73 Å². The molecule has 0 spiro atoms. The van der Waals surface area contributed by atoms with Gasteiger partial charge in [-0.3, -0.25) is 4.57 Å². The van der Waals surface area contributed by atoms with Gasteiger partial charge >= 0.3 is 0 Å². The largest absolute Gasteiger partial charge is 0.369 e. The molecule has 96 valence electrons. The molecule has 0 aliphatic heterocycles. The van der Waals surface area contributed by atoms with Crippen molar-refractivity contribution in [2.45, 2.75) is 6.92 Å². The first-order valence-corrected chi connectivity index (χ1v) is 7.63. The van der Waals surface area contributed by atoms with Crippen LogP contribution in [0.15, 0.2) is 40.9 Å². The van der Waals surface area contributed by atoms with Crippen molar-refractivity contribution in [2.24, 2.45) is 0 Å². The van der Waals surface area contributed by atoms with E-state index in [4.69, 9.17) is 5.73 Å². The number of aromatic nitrogens is 2. The molecule has 0 bridgehead atoms. The lowest BCUT2D eigenvalue weighted by Gasteiger charge is -2.08. The normalized spacial score (nSPS) is 11.1. The van der Waals surface area contributed by atoms with Crippen molar-refractivity contribution >= 4 is 55.5 Å². The number of aryl methyl sites for hydroxylation is 1. The molecule has 0 aliphatic carbocycles. The predicted molar refractivity (Wildman–Crippen MR) is 90.6 cm³/mol. The number of nitrogen functional groups attached to an aromatic ring is 1. The van der Waals surface area contributed by atoms with Crippen LogP contribution in [-0.4, -0.2) is 9.55 Å². The van der Waals surface area contributed by atoms with Crippen LogP contribution in [0.2, 0.25) is 0 Å². The van der Waals surface area contributed by atoms with Crippen molar-refractivity contribution in [1.29, 1.82) is 0 Å². The highest BCUT2D eigenvalue weighted by Gasteiger charge is 2.10. The first-order chi connectivity index (χ1) is 9.06. The van der Waals surface area contributed by atoms with E-state index >= 15 is 0 Å². The lowest BCUT2D eigenvalue weighted by atomic mass is 10.2. The molecule has 2 N–H and O–H groups in total. The molecular weight excluding hydrogens is 417 g/mol. The van der Waals surface area contributed by atoms with Gasteiger partial charge in [0.2, 0.25) is 5.95 Å². The fourth-order valence-corrected chi connectivity index (χ4v) is 2.83. The van der Waals surface area contributed by atoms with Crippen molar-refractivity contribution in [1.82, 2.24) is 9.55 Å². The van der Waals surface area contributed by atoms with Gasteiger partial charge in [0.05, 0.1) is 11.0 Å². The molecule has 5 heteroatoms. The van der Waals surface area contributed by atoms with Crippen LogP contribution in [0.3, 0.4) is 0 Å². The van der Waals surface area contributed by atoms with E-state index < -0.39 is 0 Å². The zero-order chi connectivity index (χ0) is 13.6. The monoisotopic (exact) mass is 427 g/mol. The van der Waals surface area contributed by atoms with Crippen LogP contribution in [-0.2, 0) is 0 Å². The number of benzene rings is 2. The molecule has 0 atom stereocenters. The van der Waals surface area contributed by atoms with Crippen LogP contribution in [0.1, 0.15) is 5.56 Å². The number of hydrogen-bond acceptors (Lipinski definition) is 2. The molecule has 3 nitrogen and oxygen atoms in total. The SMILES string of the molecule is Cc1cc(-n2c(N)nc3cc(I)ccc32)ccc1Br. The quantitative estimate of drug-likeness (QED) is 0.589. The Kier molecular flexibility index (Phi) is 3.26. The van der Waals surface area contributed by atoms with Gasteiger partial charge in [-0.1, -0.05) is 15.9 Å². The van der Waals surface area contributed by atoms with Crippen molar-refractivity contribution in [3.8, 4) is 5.69 Å². The molecule has 3 rings (SSSR count). The van der Waals surface area contributed by atoms with E-state index in [1.54, 1.807) is 0 Å². The van der Waals surface area contributed by atoms with Crippen molar-refractivity contribution in [3.05, 3.63) is 50.0 Å². The lowest BCUT2D eigenvalue weighted by molar-refractivity contribution is 1.10. The number of imidazole rings is 1. The van der Waals surface area contributed by atoms with Gasteiger partial charge in [-0.2, -0.15) is 0 Å². The molecule has 0 fully saturated rings. The zero-order valence-corrected chi connectivity index (χ0v) is 13.9. The first-order valence-electron chi connectivity index (χ1n) is 5.76. The Morgan fingerprint density at radius 1 is 1.21 bits per heavy atom. The Morgan fingerprint density at radius 2 is 2.00 bits per heavy atom. The molecule has 2 aromatic carbocycles. The number of rotatable bonds is 1. The fraction of sp³-hybridized carbons (Fsp3) is 0.0714. The van der Waals surface area contributed by atoms with E-state index in [0.29, 0.717) is 5.95 Å². The standard InChI is InChI=1S/C14H11BrIN3/c1-8-6-10(3-4-11(8)15)19-13-5-2-9(16)7-12(13)18-14(19)17/h2-7H,1H3,(H2,17,18). The predicted octanol–water partition coefficient (Wildman–Crippen LogP) is 4.28. The Bertz CT molecular complexity index is 780. The first kappa shape index (κ1) is 12.9. The minimum Gasteiger partial charge on any atom is -0.369 e. The summed E-state index contributed by atoms with van der Waals surface area (Å²) in [5.41, 5.74) is 10.2. The molecule has 0 unspecified atom stereocenters. The van der Waals surface area contributed by atoms with E-state index in [2.05, 4.69) is 68.6 Å². The third kappa shape index (κ3) is 2.25. The second-order valence-electron chi connectivity index (χ2n) is 4.37. The van der Waals surface area contributed by atoms with E-state index in [9.17, 15) is 0 Å². The summed E-state index contributed by atoms with van der Waals surface area (Å²) >= 11 is 5.79. The van der Waals surface area contributed by atoms with Gasteiger partial charge in [-0.05, 0) is 71.5 Å². The van der Waals surface area contributed by atoms with Gasteiger partial charge in [0.1, 0.15) is 0 Å². The maximum atomic E-state index is 6.06. The lowest BCUT2D eigenvalue weighted by Crippen LogP contribution is -2.00. The minimum atomic E-state index is 0.513. The van der Waals surface area contributed by atoms with Crippen LogP contribution in [0.4, 0.5) is 5.95 Å². The fourth-order valence-electron chi connectivity index (χ4n) is 2.11. The molecule has 0 amide bonds. The van der Waals surface area contributed by atoms with Gasteiger partial charge in [-0.15, -0.1) is 0 Å². The highest BCUT2D eigenvalue weighted by atomic mass is 127. The Morgan fingerprint density at radius 3 is 2.74 bits per heavy atom. The van der Waals surface area contributed by atoms with Gasteiger partial charge in [-0.25, -0.2) is 4.98 Å². The van der Waals surface area contributed by atoms with Gasteiger partial charge in [0, 0.05) is 13.7 Å². The summed E-state index contributed by atoms with van der Waals surface area (Å²) in [7, 11) is 0. The molecular formula is C14H11BrIN3. The number of halogens is 2. The summed E-state index contributed by atoms with van der Waals surface area (Å²) in [4.78, 5) is 4.43. The second kappa shape index (κ2) is 4.79. The van der Waals surface area contributed by atoms with Crippen molar-refractivity contribution in [3.63, 3.8) is 0 Å². The number of anilines is 1. The maximum absolute atomic E-state index is 6.06. The summed E-state index contributed by atoms with van der Waals surface area (Å²) < 4.78 is 4.22. The molecule has 1 heterocycles. The van der Waals surface area contributed by atoms with Crippen LogP contribution in [0.25, 0.3) is 16.7 Å². The number of nitrogens with zero attached hydrogens (tertiary/aromatic N) is 2. The average Bonchev–Trinajstić information content (AvgIpc) is 2.68. The average molecular weight is 428 g/mol. The molecule has 19 heavy (non-hydrogen) atoms. The van der Waals surface area contributed by atoms with E-state index in [-0.39, 0.29) is 0 Å². The molecule has 3 aromatic rings. The molecule has 0 saturated heterocycles. The number of hydrogen-bond donors (Lipinski definition) is 1. The molecule has 0 saturated carbocycles. The van der Waals surface area contributed by atoms with Crippen LogP contribution in [0.5, 0.6) is 0 Å². The van der Waals surface area contributed by atoms with Crippen LogP contribution < -0.4 is 5.73 Å². The van der Waals surface area contributed by atoms with Crippen molar-refractivity contribution < 1.29 is 0 Å². The third-order valence-corrected chi connectivity index (χ3v) is 4.60. The zero-order valence-electron chi connectivity index (χ0n) is 10.2. The second-order valence-corrected chi connectivity index (χ2v) is 6.47. The van der Waals surface area contributed by atoms with Crippen molar-refractivity contribution in [2.75, 3.05) is 5.73 Å². The summed E-state index contributed by atoms with van der Waals surface area (Å²) in [6, 6.07) is 12.3. The van der Waals surface area contributed by atoms with Crippen LogP contribution >= 0.6 is 38.5 Å². The topological polar surface area (TPSA) is 43.8 Å². The Balaban J connectivity index is 2.29. The maximum Gasteiger partial charge on any atom is 0.205 e. The molecule has 0 radical (unpaired) electrons. The number of fused-ring (bicyclic) bond motifs is 1. The molecule has 1 aromatic heterocycles. The Labute approximate surface area is 133 Å². The summed E-state index contributed by atoms with van der Waals surface area (Å²) in [6.45, 7) is 2.06. The summed E-state index contributed by atoms with van der Waals surface area (Å²) in [5.74, 6) is 0.513. The van der Waals surface area contributed by atoms with Crippen LogP contribution in [0, 0.1) is 10.5 Å². The highest BCUT2D eigenvalue weighted by Crippen LogP contribution is 2.26. The van der Waals surface area contributed by atoms with E-state index in [1.165, 1.54) is 5.56 Å². The summed E-state index contributed by atoms with van der Waals surface area (Å²) in [5, 5.41) is 0.